The highest BCUT2D eigenvalue weighted by Gasteiger charge is 2.07. The topological polar surface area (TPSA) is 35.3 Å². The number of halogens is 1. The van der Waals surface area contributed by atoms with Crippen molar-refractivity contribution in [3.05, 3.63) is 71.4 Å². The number of hydrogen-bond donors (Lipinski definition) is 0. The van der Waals surface area contributed by atoms with Gasteiger partial charge in [-0.1, -0.05) is 53.2 Å². The Morgan fingerprint density at radius 3 is 2.65 bits per heavy atom. The Morgan fingerprint density at radius 2 is 1.85 bits per heavy atom. The van der Waals surface area contributed by atoms with E-state index in [0.29, 0.717) is 17.4 Å². The van der Waals surface area contributed by atoms with Crippen LogP contribution in [-0.2, 0) is 6.61 Å². The van der Waals surface area contributed by atoms with E-state index in [1.807, 2.05) is 48.5 Å². The maximum atomic E-state index is 5.90. The van der Waals surface area contributed by atoms with Crippen molar-refractivity contribution in [1.82, 2.24) is 5.16 Å². The first-order chi connectivity index (χ1) is 9.81. The summed E-state index contributed by atoms with van der Waals surface area (Å²) < 4.78 is 10.9. The maximum Gasteiger partial charge on any atom is 0.167 e. The minimum absolute atomic E-state index is 0.344. The van der Waals surface area contributed by atoms with E-state index in [-0.39, 0.29) is 0 Å². The van der Waals surface area contributed by atoms with Crippen molar-refractivity contribution in [3.63, 3.8) is 0 Å². The van der Waals surface area contributed by atoms with Crippen LogP contribution in [0.25, 0.3) is 11.3 Å². The summed E-state index contributed by atoms with van der Waals surface area (Å²) in [6.07, 6.45) is 0. The molecule has 0 spiro atoms. The number of nitrogens with zero attached hydrogens (tertiary/aromatic N) is 1. The number of benzene rings is 2. The smallest absolute Gasteiger partial charge is 0.167 e. The molecule has 2 aromatic carbocycles. The predicted octanol–water partition coefficient (Wildman–Crippen LogP) is 4.57. The van der Waals surface area contributed by atoms with Crippen molar-refractivity contribution in [2.75, 3.05) is 0 Å². The molecule has 100 valence electrons. The molecule has 0 unspecified atom stereocenters. The monoisotopic (exact) mass is 285 g/mol. The van der Waals surface area contributed by atoms with Crippen LogP contribution in [0.15, 0.2) is 65.2 Å². The van der Waals surface area contributed by atoms with Crippen molar-refractivity contribution in [2.45, 2.75) is 6.61 Å². The number of rotatable bonds is 4. The highest BCUT2D eigenvalue weighted by molar-refractivity contribution is 6.30. The van der Waals surface area contributed by atoms with Crippen LogP contribution >= 0.6 is 11.6 Å². The summed E-state index contributed by atoms with van der Waals surface area (Å²) in [6, 6.07) is 19.0. The summed E-state index contributed by atoms with van der Waals surface area (Å²) in [5.74, 6) is 1.44. The summed E-state index contributed by atoms with van der Waals surface area (Å²) in [7, 11) is 0. The molecular weight excluding hydrogens is 274 g/mol. The average Bonchev–Trinajstić information content (AvgIpc) is 2.95. The van der Waals surface area contributed by atoms with Crippen molar-refractivity contribution in [3.8, 4) is 17.1 Å². The SMILES string of the molecule is Clc1cccc(OCc2cc(-c3ccccc3)on2)c1. The third-order valence-corrected chi connectivity index (χ3v) is 3.04. The third kappa shape index (κ3) is 3.00. The molecule has 1 heterocycles. The van der Waals surface area contributed by atoms with Crippen molar-refractivity contribution < 1.29 is 9.26 Å². The summed E-state index contributed by atoms with van der Waals surface area (Å²) >= 11 is 5.90. The van der Waals surface area contributed by atoms with E-state index in [1.165, 1.54) is 0 Å². The standard InChI is InChI=1S/C16H12ClNO2/c17-13-7-4-8-15(9-13)19-11-14-10-16(20-18-14)12-5-2-1-3-6-12/h1-10H,11H2. The van der Waals surface area contributed by atoms with Gasteiger partial charge in [-0.2, -0.15) is 0 Å². The van der Waals surface area contributed by atoms with Crippen LogP contribution in [0, 0.1) is 0 Å². The predicted molar refractivity (Wildman–Crippen MR) is 77.7 cm³/mol. The molecule has 0 fully saturated rings. The zero-order chi connectivity index (χ0) is 13.8. The largest absolute Gasteiger partial charge is 0.487 e. The quantitative estimate of drug-likeness (QED) is 0.704. The van der Waals surface area contributed by atoms with Crippen LogP contribution in [0.5, 0.6) is 5.75 Å². The molecule has 0 aliphatic heterocycles. The fourth-order valence-electron chi connectivity index (χ4n) is 1.83. The Morgan fingerprint density at radius 1 is 1.00 bits per heavy atom. The molecule has 3 aromatic rings. The normalized spacial score (nSPS) is 10.4. The maximum absolute atomic E-state index is 5.90. The van der Waals surface area contributed by atoms with Gasteiger partial charge in [0, 0.05) is 16.7 Å². The second kappa shape index (κ2) is 5.80. The Kier molecular flexibility index (Phi) is 3.70. The zero-order valence-corrected chi connectivity index (χ0v) is 11.4. The van der Waals surface area contributed by atoms with E-state index in [4.69, 9.17) is 20.9 Å². The molecule has 1 aromatic heterocycles. The Bertz CT molecular complexity index is 694. The van der Waals surface area contributed by atoms with E-state index in [1.54, 1.807) is 12.1 Å². The lowest BCUT2D eigenvalue weighted by Crippen LogP contribution is -1.94. The fraction of sp³-hybridized carbons (Fsp3) is 0.0625. The number of aromatic nitrogens is 1. The summed E-state index contributed by atoms with van der Waals surface area (Å²) in [6.45, 7) is 0.344. The van der Waals surface area contributed by atoms with Gasteiger partial charge in [0.1, 0.15) is 18.1 Å². The molecule has 0 saturated carbocycles. The Balaban J connectivity index is 1.69. The van der Waals surface area contributed by atoms with Gasteiger partial charge in [0.15, 0.2) is 5.76 Å². The summed E-state index contributed by atoms with van der Waals surface area (Å²) in [5, 5.41) is 4.64. The van der Waals surface area contributed by atoms with Gasteiger partial charge in [-0.3, -0.25) is 0 Å². The van der Waals surface area contributed by atoms with Gasteiger partial charge in [0.2, 0.25) is 0 Å². The second-order valence-corrected chi connectivity index (χ2v) is 4.73. The van der Waals surface area contributed by atoms with E-state index >= 15 is 0 Å². The molecule has 20 heavy (non-hydrogen) atoms. The first kappa shape index (κ1) is 12.8. The molecule has 0 saturated heterocycles. The first-order valence-electron chi connectivity index (χ1n) is 6.21. The average molecular weight is 286 g/mol. The van der Waals surface area contributed by atoms with Crippen LogP contribution in [-0.4, -0.2) is 5.16 Å². The van der Waals surface area contributed by atoms with Crippen molar-refractivity contribution >= 4 is 11.6 Å². The molecule has 3 rings (SSSR count). The van der Waals surface area contributed by atoms with Gasteiger partial charge in [0.05, 0.1) is 0 Å². The number of hydrogen-bond acceptors (Lipinski definition) is 3. The van der Waals surface area contributed by atoms with Crippen LogP contribution < -0.4 is 4.74 Å². The van der Waals surface area contributed by atoms with Crippen molar-refractivity contribution in [1.29, 1.82) is 0 Å². The van der Waals surface area contributed by atoms with Crippen LogP contribution in [0.3, 0.4) is 0 Å². The molecule has 0 N–H and O–H groups in total. The van der Waals surface area contributed by atoms with Gasteiger partial charge in [-0.05, 0) is 18.2 Å². The third-order valence-electron chi connectivity index (χ3n) is 2.80. The fourth-order valence-corrected chi connectivity index (χ4v) is 2.01. The lowest BCUT2D eigenvalue weighted by Gasteiger charge is -2.03. The van der Waals surface area contributed by atoms with Gasteiger partial charge in [-0.15, -0.1) is 0 Å². The molecule has 0 radical (unpaired) electrons. The minimum Gasteiger partial charge on any atom is -0.487 e. The van der Waals surface area contributed by atoms with Gasteiger partial charge in [-0.25, -0.2) is 0 Å². The molecule has 0 amide bonds. The minimum atomic E-state index is 0.344. The molecule has 3 nitrogen and oxygen atoms in total. The lowest BCUT2D eigenvalue weighted by atomic mass is 10.2. The van der Waals surface area contributed by atoms with Crippen LogP contribution in [0.4, 0.5) is 0 Å². The molecule has 0 bridgehead atoms. The molecule has 0 aliphatic carbocycles. The molecule has 0 atom stereocenters. The van der Waals surface area contributed by atoms with E-state index < -0.39 is 0 Å². The molecule has 0 aliphatic rings. The van der Waals surface area contributed by atoms with Crippen LogP contribution in [0.2, 0.25) is 5.02 Å². The highest BCUT2D eigenvalue weighted by Crippen LogP contribution is 2.21. The van der Waals surface area contributed by atoms with E-state index in [0.717, 1.165) is 17.0 Å². The zero-order valence-electron chi connectivity index (χ0n) is 10.6. The van der Waals surface area contributed by atoms with E-state index in [2.05, 4.69) is 5.16 Å². The lowest BCUT2D eigenvalue weighted by molar-refractivity contribution is 0.290. The first-order valence-corrected chi connectivity index (χ1v) is 6.58. The van der Waals surface area contributed by atoms with E-state index in [9.17, 15) is 0 Å². The van der Waals surface area contributed by atoms with Gasteiger partial charge < -0.3 is 9.26 Å². The molecular formula is C16H12ClNO2. The van der Waals surface area contributed by atoms with Gasteiger partial charge >= 0.3 is 0 Å². The second-order valence-electron chi connectivity index (χ2n) is 4.29. The Hall–Kier alpha value is -2.26. The van der Waals surface area contributed by atoms with Crippen molar-refractivity contribution in [2.24, 2.45) is 0 Å². The van der Waals surface area contributed by atoms with Gasteiger partial charge in [0.25, 0.3) is 0 Å². The highest BCUT2D eigenvalue weighted by atomic mass is 35.5. The summed E-state index contributed by atoms with van der Waals surface area (Å²) in [4.78, 5) is 0. The Labute approximate surface area is 121 Å². The summed E-state index contributed by atoms with van der Waals surface area (Å²) in [5.41, 5.74) is 1.73. The number of ether oxygens (including phenoxy) is 1. The van der Waals surface area contributed by atoms with Crippen LogP contribution in [0.1, 0.15) is 5.69 Å². The molecule has 4 heteroatoms.